The van der Waals surface area contributed by atoms with Gasteiger partial charge in [0.05, 0.1) is 19.8 Å². The Hall–Kier alpha value is -2.11. The maximum atomic E-state index is 14.0. The van der Waals surface area contributed by atoms with Crippen molar-refractivity contribution in [2.75, 3.05) is 14.2 Å². The van der Waals surface area contributed by atoms with Gasteiger partial charge in [0.2, 0.25) is 0 Å². The number of carbonyl (C=O) groups is 2. The molecule has 1 rings (SSSR count). The Kier molecular flexibility index (Phi) is 4.14. The highest BCUT2D eigenvalue weighted by atomic mass is 19.1. The van der Waals surface area contributed by atoms with E-state index in [2.05, 4.69) is 0 Å². The highest BCUT2D eigenvalue weighted by molar-refractivity contribution is 6.40. The molecule has 5 nitrogen and oxygen atoms in total. The number of ether oxygens (including phenoxy) is 2. The smallest absolute Gasteiger partial charge is 0.377 e. The zero-order valence-electron chi connectivity index (χ0n) is 11.1. The van der Waals surface area contributed by atoms with Gasteiger partial charge >= 0.3 is 5.97 Å². The molecule has 0 unspecified atom stereocenters. The van der Waals surface area contributed by atoms with Gasteiger partial charge in [0.1, 0.15) is 17.2 Å². The standard InChI is InChI=1S/C13H15FO5/c1-13(2,14)8-6-9(18-3)7(5-10(8)19-4)11(15)12(16)17/h5-6H,1-4H3,(H,16,17). The van der Waals surface area contributed by atoms with Crippen molar-refractivity contribution in [3.63, 3.8) is 0 Å². The van der Waals surface area contributed by atoms with E-state index in [4.69, 9.17) is 14.6 Å². The molecule has 0 saturated carbocycles. The Morgan fingerprint density at radius 2 is 1.68 bits per heavy atom. The van der Waals surface area contributed by atoms with Crippen LogP contribution in [0.4, 0.5) is 4.39 Å². The van der Waals surface area contributed by atoms with Crippen LogP contribution in [0, 0.1) is 0 Å². The number of Topliss-reactive ketones (excluding diaryl/α,β-unsaturated/α-hetero) is 1. The van der Waals surface area contributed by atoms with E-state index in [1.807, 2.05) is 0 Å². The van der Waals surface area contributed by atoms with Gasteiger partial charge in [-0.3, -0.25) is 4.79 Å². The first kappa shape index (κ1) is 14.9. The van der Waals surface area contributed by atoms with Crippen LogP contribution < -0.4 is 9.47 Å². The van der Waals surface area contributed by atoms with Crippen molar-refractivity contribution in [2.45, 2.75) is 19.5 Å². The molecule has 1 aromatic carbocycles. The van der Waals surface area contributed by atoms with E-state index in [9.17, 15) is 14.0 Å². The molecule has 0 atom stereocenters. The summed E-state index contributed by atoms with van der Waals surface area (Å²) >= 11 is 0. The number of hydrogen-bond donors (Lipinski definition) is 1. The molecule has 0 aliphatic heterocycles. The van der Waals surface area contributed by atoms with E-state index >= 15 is 0 Å². The van der Waals surface area contributed by atoms with Gasteiger partial charge in [-0.1, -0.05) is 0 Å². The molecule has 104 valence electrons. The Labute approximate surface area is 109 Å². The number of carboxylic acid groups (broad SMARTS) is 1. The number of benzene rings is 1. The summed E-state index contributed by atoms with van der Waals surface area (Å²) in [4.78, 5) is 22.3. The predicted octanol–water partition coefficient (Wildman–Crippen LogP) is 2.18. The topological polar surface area (TPSA) is 72.8 Å². The minimum Gasteiger partial charge on any atom is -0.496 e. The summed E-state index contributed by atoms with van der Waals surface area (Å²) in [5, 5.41) is 8.73. The van der Waals surface area contributed by atoms with Crippen LogP contribution in [-0.2, 0) is 10.5 Å². The van der Waals surface area contributed by atoms with E-state index in [0.29, 0.717) is 0 Å². The lowest BCUT2D eigenvalue weighted by atomic mass is 9.95. The molecule has 0 aromatic heterocycles. The quantitative estimate of drug-likeness (QED) is 0.655. The Morgan fingerprint density at radius 1 is 1.16 bits per heavy atom. The molecule has 0 radical (unpaired) electrons. The van der Waals surface area contributed by atoms with Crippen molar-refractivity contribution < 1.29 is 28.6 Å². The number of halogens is 1. The molecule has 0 heterocycles. The largest absolute Gasteiger partial charge is 0.496 e. The predicted molar refractivity (Wildman–Crippen MR) is 65.6 cm³/mol. The third-order valence-corrected chi connectivity index (χ3v) is 2.60. The minimum absolute atomic E-state index is 0.00562. The van der Waals surface area contributed by atoms with Crippen LogP contribution in [0.1, 0.15) is 29.8 Å². The average molecular weight is 270 g/mol. The van der Waals surface area contributed by atoms with Gasteiger partial charge in [-0.25, -0.2) is 9.18 Å². The lowest BCUT2D eigenvalue weighted by Crippen LogP contribution is -2.17. The molecular weight excluding hydrogens is 255 g/mol. The van der Waals surface area contributed by atoms with E-state index in [1.54, 1.807) is 0 Å². The number of rotatable bonds is 5. The van der Waals surface area contributed by atoms with E-state index in [1.165, 1.54) is 40.2 Å². The highest BCUT2D eigenvalue weighted by Gasteiger charge is 2.28. The number of carbonyl (C=O) groups excluding carboxylic acids is 1. The second-order valence-electron chi connectivity index (χ2n) is 4.36. The molecule has 0 aliphatic rings. The van der Waals surface area contributed by atoms with Crippen molar-refractivity contribution in [3.8, 4) is 11.5 Å². The summed E-state index contributed by atoms with van der Waals surface area (Å²) in [7, 11) is 2.58. The molecule has 0 spiro atoms. The molecule has 6 heteroatoms. The van der Waals surface area contributed by atoms with Crippen LogP contribution >= 0.6 is 0 Å². The summed E-state index contributed by atoms with van der Waals surface area (Å²) in [5.41, 5.74) is -1.72. The second-order valence-corrected chi connectivity index (χ2v) is 4.36. The van der Waals surface area contributed by atoms with Crippen LogP contribution in [0.15, 0.2) is 12.1 Å². The van der Waals surface area contributed by atoms with E-state index in [-0.39, 0.29) is 22.6 Å². The van der Waals surface area contributed by atoms with E-state index in [0.717, 1.165) is 0 Å². The molecule has 19 heavy (non-hydrogen) atoms. The van der Waals surface area contributed by atoms with Crippen LogP contribution in [0.2, 0.25) is 0 Å². The maximum absolute atomic E-state index is 14.0. The second kappa shape index (κ2) is 5.26. The summed E-state index contributed by atoms with van der Waals surface area (Å²) < 4.78 is 24.0. The Bertz CT molecular complexity index is 517. The van der Waals surface area contributed by atoms with Gasteiger partial charge in [0, 0.05) is 5.56 Å². The molecule has 0 fully saturated rings. The Morgan fingerprint density at radius 3 is 2.05 bits per heavy atom. The molecule has 1 aromatic rings. The van der Waals surface area contributed by atoms with Crippen molar-refractivity contribution in [3.05, 3.63) is 23.3 Å². The summed E-state index contributed by atoms with van der Waals surface area (Å²) in [6, 6.07) is 2.45. The third-order valence-electron chi connectivity index (χ3n) is 2.60. The molecule has 0 amide bonds. The summed E-state index contributed by atoms with van der Waals surface area (Å²) in [6.07, 6.45) is 0. The molecule has 0 bridgehead atoms. The first-order chi connectivity index (χ1) is 8.72. The number of alkyl halides is 1. The fourth-order valence-corrected chi connectivity index (χ4v) is 1.65. The molecule has 0 saturated heterocycles. The fraction of sp³-hybridized carbons (Fsp3) is 0.385. The summed E-state index contributed by atoms with van der Waals surface area (Å²) in [5.74, 6) is -2.67. The number of carboxylic acids is 1. The van der Waals surface area contributed by atoms with Crippen LogP contribution in [0.3, 0.4) is 0 Å². The lowest BCUT2D eigenvalue weighted by Gasteiger charge is -2.20. The van der Waals surface area contributed by atoms with Gasteiger partial charge in [0.25, 0.3) is 5.78 Å². The van der Waals surface area contributed by atoms with Gasteiger partial charge in [-0.15, -0.1) is 0 Å². The van der Waals surface area contributed by atoms with Crippen LogP contribution in [-0.4, -0.2) is 31.1 Å². The first-order valence-electron chi connectivity index (χ1n) is 5.45. The zero-order valence-corrected chi connectivity index (χ0v) is 11.1. The van der Waals surface area contributed by atoms with E-state index < -0.39 is 17.4 Å². The molecule has 1 N–H and O–H groups in total. The number of aliphatic carboxylic acids is 1. The highest BCUT2D eigenvalue weighted by Crippen LogP contribution is 2.37. The maximum Gasteiger partial charge on any atom is 0.377 e. The monoisotopic (exact) mass is 270 g/mol. The lowest BCUT2D eigenvalue weighted by molar-refractivity contribution is -0.131. The normalized spacial score (nSPS) is 11.0. The van der Waals surface area contributed by atoms with Gasteiger partial charge in [-0.05, 0) is 26.0 Å². The average Bonchev–Trinajstić information content (AvgIpc) is 2.34. The van der Waals surface area contributed by atoms with Crippen molar-refractivity contribution >= 4 is 11.8 Å². The summed E-state index contributed by atoms with van der Waals surface area (Å²) in [6.45, 7) is 2.64. The molecular formula is C13H15FO5. The number of methoxy groups -OCH3 is 2. The first-order valence-corrected chi connectivity index (χ1v) is 5.45. The van der Waals surface area contributed by atoms with Crippen molar-refractivity contribution in [1.29, 1.82) is 0 Å². The molecule has 0 aliphatic carbocycles. The zero-order chi connectivity index (χ0) is 14.8. The van der Waals surface area contributed by atoms with Crippen molar-refractivity contribution in [2.24, 2.45) is 0 Å². The van der Waals surface area contributed by atoms with Gasteiger partial charge in [-0.2, -0.15) is 0 Å². The van der Waals surface area contributed by atoms with Crippen LogP contribution in [0.5, 0.6) is 11.5 Å². The number of ketones is 1. The van der Waals surface area contributed by atoms with Crippen LogP contribution in [0.25, 0.3) is 0 Å². The SMILES string of the molecule is COc1cc(C(C)(C)F)c(OC)cc1C(=O)C(=O)O. The fourth-order valence-electron chi connectivity index (χ4n) is 1.65. The van der Waals surface area contributed by atoms with Gasteiger partial charge < -0.3 is 14.6 Å². The Balaban J connectivity index is 3.53. The van der Waals surface area contributed by atoms with Crippen molar-refractivity contribution in [1.82, 2.24) is 0 Å². The van der Waals surface area contributed by atoms with Gasteiger partial charge in [0.15, 0.2) is 0 Å². The third kappa shape index (κ3) is 3.01. The number of hydrogen-bond acceptors (Lipinski definition) is 4. The minimum atomic E-state index is -1.72.